The Balaban J connectivity index is 1.45. The van der Waals surface area contributed by atoms with E-state index >= 15 is 0 Å². The second kappa shape index (κ2) is 7.88. The third kappa shape index (κ3) is 3.79. The molecule has 1 saturated heterocycles. The molecule has 10 heteroatoms. The first-order valence-corrected chi connectivity index (χ1v) is 10.8. The molecule has 0 spiro atoms. The first kappa shape index (κ1) is 20.0. The van der Waals surface area contributed by atoms with Gasteiger partial charge in [-0.25, -0.2) is 8.42 Å². The SMILES string of the molecule is O=C(C1=Cc2ccccc2OC1)N1CCN(S(=O)(=O)c2cccc([N+](=O)[O-])c2)CC1. The number of piperazine rings is 1. The van der Waals surface area contributed by atoms with Crippen molar-refractivity contribution in [2.45, 2.75) is 4.90 Å². The molecule has 1 fully saturated rings. The molecule has 2 aliphatic rings. The number of para-hydroxylation sites is 1. The van der Waals surface area contributed by atoms with Crippen molar-refractivity contribution in [3.05, 3.63) is 69.8 Å². The van der Waals surface area contributed by atoms with Gasteiger partial charge in [-0.05, 0) is 18.2 Å². The van der Waals surface area contributed by atoms with E-state index in [1.165, 1.54) is 22.5 Å². The maximum atomic E-state index is 12.8. The lowest BCUT2D eigenvalue weighted by Gasteiger charge is -2.34. The van der Waals surface area contributed by atoms with Crippen molar-refractivity contribution in [2.24, 2.45) is 0 Å². The molecule has 0 aliphatic carbocycles. The van der Waals surface area contributed by atoms with Crippen LogP contribution in [0.5, 0.6) is 5.75 Å². The van der Waals surface area contributed by atoms with Crippen LogP contribution >= 0.6 is 0 Å². The molecule has 2 aliphatic heterocycles. The van der Waals surface area contributed by atoms with Gasteiger partial charge in [-0.2, -0.15) is 4.31 Å². The molecule has 0 aromatic heterocycles. The Labute approximate surface area is 173 Å². The second-order valence-electron chi connectivity index (χ2n) is 6.95. The molecular weight excluding hydrogens is 410 g/mol. The van der Waals surface area contributed by atoms with Gasteiger partial charge >= 0.3 is 0 Å². The predicted octanol–water partition coefficient (Wildman–Crippen LogP) is 1.90. The zero-order chi connectivity index (χ0) is 21.3. The van der Waals surface area contributed by atoms with Crippen molar-refractivity contribution >= 4 is 27.7 Å². The van der Waals surface area contributed by atoms with Gasteiger partial charge in [0.15, 0.2) is 0 Å². The van der Waals surface area contributed by atoms with Gasteiger partial charge in [0.05, 0.1) is 15.4 Å². The van der Waals surface area contributed by atoms with Crippen molar-refractivity contribution in [2.75, 3.05) is 32.8 Å². The number of carbonyl (C=O) groups excluding carboxylic acids is 1. The largest absolute Gasteiger partial charge is 0.488 e. The van der Waals surface area contributed by atoms with Crippen LogP contribution in [0.2, 0.25) is 0 Å². The van der Waals surface area contributed by atoms with Crippen molar-refractivity contribution in [3.8, 4) is 5.75 Å². The van der Waals surface area contributed by atoms with Crippen molar-refractivity contribution in [1.82, 2.24) is 9.21 Å². The highest BCUT2D eigenvalue weighted by molar-refractivity contribution is 7.89. The Morgan fingerprint density at radius 1 is 1.03 bits per heavy atom. The number of nitro groups is 1. The van der Waals surface area contributed by atoms with Gasteiger partial charge in [0.1, 0.15) is 12.4 Å². The number of hydrogen-bond acceptors (Lipinski definition) is 6. The Kier molecular flexibility index (Phi) is 5.27. The van der Waals surface area contributed by atoms with E-state index in [9.17, 15) is 23.3 Å². The fourth-order valence-corrected chi connectivity index (χ4v) is 4.94. The van der Waals surface area contributed by atoms with Crippen LogP contribution in [0.15, 0.2) is 59.0 Å². The third-order valence-corrected chi connectivity index (χ3v) is 6.99. The Morgan fingerprint density at radius 2 is 1.77 bits per heavy atom. The smallest absolute Gasteiger partial charge is 0.270 e. The maximum absolute atomic E-state index is 12.8. The molecule has 0 bridgehead atoms. The summed E-state index contributed by atoms with van der Waals surface area (Å²) in [5, 5.41) is 10.9. The normalized spacial score (nSPS) is 16.9. The monoisotopic (exact) mass is 429 g/mol. The molecule has 1 amide bonds. The number of rotatable bonds is 4. The highest BCUT2D eigenvalue weighted by Crippen LogP contribution is 2.27. The number of amides is 1. The van der Waals surface area contributed by atoms with Gasteiger partial charge in [0.2, 0.25) is 10.0 Å². The minimum Gasteiger partial charge on any atom is -0.488 e. The molecule has 2 aromatic carbocycles. The predicted molar refractivity (Wildman–Crippen MR) is 108 cm³/mol. The molecule has 0 saturated carbocycles. The first-order chi connectivity index (χ1) is 14.4. The number of nitro benzene ring substituents is 1. The number of ether oxygens (including phenoxy) is 1. The van der Waals surface area contributed by atoms with Crippen LogP contribution in [0, 0.1) is 10.1 Å². The quantitative estimate of drug-likeness (QED) is 0.542. The van der Waals surface area contributed by atoms with Crippen molar-refractivity contribution in [1.29, 1.82) is 0 Å². The van der Waals surface area contributed by atoms with E-state index in [2.05, 4.69) is 0 Å². The molecule has 2 heterocycles. The van der Waals surface area contributed by atoms with Gasteiger partial charge < -0.3 is 9.64 Å². The molecule has 9 nitrogen and oxygen atoms in total. The number of carbonyl (C=O) groups is 1. The van der Waals surface area contributed by atoms with Gasteiger partial charge in [0.25, 0.3) is 11.6 Å². The lowest BCUT2D eigenvalue weighted by Crippen LogP contribution is -2.51. The number of sulfonamides is 1. The van der Waals surface area contributed by atoms with Crippen molar-refractivity contribution < 1.29 is 22.9 Å². The van der Waals surface area contributed by atoms with E-state index in [1.54, 1.807) is 11.0 Å². The molecule has 30 heavy (non-hydrogen) atoms. The molecule has 2 aromatic rings. The number of benzene rings is 2. The van der Waals surface area contributed by atoms with Gasteiger partial charge in [-0.1, -0.05) is 24.3 Å². The van der Waals surface area contributed by atoms with Crippen LogP contribution in [0.1, 0.15) is 5.56 Å². The summed E-state index contributed by atoms with van der Waals surface area (Å²) in [7, 11) is -3.88. The minimum atomic E-state index is -3.88. The van der Waals surface area contributed by atoms with Crippen LogP contribution in [-0.4, -0.2) is 61.2 Å². The van der Waals surface area contributed by atoms with Crippen LogP contribution in [0.3, 0.4) is 0 Å². The van der Waals surface area contributed by atoms with Crippen molar-refractivity contribution in [3.63, 3.8) is 0 Å². The molecule has 0 N–H and O–H groups in total. The molecule has 0 atom stereocenters. The van der Waals surface area contributed by atoms with E-state index in [4.69, 9.17) is 4.74 Å². The number of non-ortho nitro benzene ring substituents is 1. The van der Waals surface area contributed by atoms with Gasteiger partial charge in [-0.3, -0.25) is 14.9 Å². The van der Waals surface area contributed by atoms with E-state index < -0.39 is 14.9 Å². The topological polar surface area (TPSA) is 110 Å². The van der Waals surface area contributed by atoms with Crippen LogP contribution in [0.4, 0.5) is 5.69 Å². The Hall–Kier alpha value is -3.24. The summed E-state index contributed by atoms with van der Waals surface area (Å²) >= 11 is 0. The average molecular weight is 429 g/mol. The summed E-state index contributed by atoms with van der Waals surface area (Å²) < 4.78 is 32.6. The molecule has 0 unspecified atom stereocenters. The highest BCUT2D eigenvalue weighted by Gasteiger charge is 2.32. The number of fused-ring (bicyclic) bond motifs is 1. The van der Waals surface area contributed by atoms with Gasteiger partial charge in [0, 0.05) is 43.9 Å². The average Bonchev–Trinajstić information content (AvgIpc) is 2.78. The minimum absolute atomic E-state index is 0.113. The van der Waals surface area contributed by atoms with E-state index in [1.807, 2.05) is 24.3 Å². The highest BCUT2D eigenvalue weighted by atomic mass is 32.2. The molecule has 0 radical (unpaired) electrons. The summed E-state index contributed by atoms with van der Waals surface area (Å²) in [6.07, 6.45) is 1.80. The third-order valence-electron chi connectivity index (χ3n) is 5.10. The van der Waals surface area contributed by atoms with Crippen LogP contribution < -0.4 is 4.74 Å². The zero-order valence-electron chi connectivity index (χ0n) is 15.9. The summed E-state index contributed by atoms with van der Waals surface area (Å²) in [6, 6.07) is 12.4. The summed E-state index contributed by atoms with van der Waals surface area (Å²) in [6.45, 7) is 0.850. The van der Waals surface area contributed by atoms with E-state index in [0.717, 1.165) is 17.4 Å². The summed E-state index contributed by atoms with van der Waals surface area (Å²) in [4.78, 5) is 24.6. The zero-order valence-corrected chi connectivity index (χ0v) is 16.7. The van der Waals surface area contributed by atoms with E-state index in [-0.39, 0.29) is 49.3 Å². The first-order valence-electron chi connectivity index (χ1n) is 9.32. The Morgan fingerprint density at radius 3 is 2.50 bits per heavy atom. The van der Waals surface area contributed by atoms with Gasteiger partial charge in [-0.15, -0.1) is 0 Å². The fourth-order valence-electron chi connectivity index (χ4n) is 3.48. The molecular formula is C20H19N3O6S. The maximum Gasteiger partial charge on any atom is 0.270 e. The van der Waals surface area contributed by atoms with Crippen LogP contribution in [0.25, 0.3) is 6.08 Å². The van der Waals surface area contributed by atoms with E-state index in [0.29, 0.717) is 5.57 Å². The summed E-state index contributed by atoms with van der Waals surface area (Å²) in [5.41, 5.74) is 1.07. The fraction of sp³-hybridized carbons (Fsp3) is 0.250. The molecule has 4 rings (SSSR count). The lowest BCUT2D eigenvalue weighted by molar-refractivity contribution is -0.385. The van der Waals surface area contributed by atoms with Crippen LogP contribution in [-0.2, 0) is 14.8 Å². The number of hydrogen-bond donors (Lipinski definition) is 0. The lowest BCUT2D eigenvalue weighted by atomic mass is 10.1. The summed E-state index contributed by atoms with van der Waals surface area (Å²) in [5.74, 6) is 0.541. The number of nitrogens with zero attached hydrogens (tertiary/aromatic N) is 3. The standard InChI is InChI=1S/C20H19N3O6S/c24-20(16-12-15-4-1-2-7-19(15)29-14-16)21-8-10-22(11-9-21)30(27,28)18-6-3-5-17(13-18)23(25)26/h1-7,12-13H,8-11,14H2. The molecule has 156 valence electrons. The second-order valence-corrected chi connectivity index (χ2v) is 8.88. The Bertz CT molecular complexity index is 1140.